The average molecular weight is 525 g/mol. The highest BCUT2D eigenvalue weighted by Gasteiger charge is 2.44. The lowest BCUT2D eigenvalue weighted by molar-refractivity contribution is -0.384. The number of hydrogen-bond acceptors (Lipinski definition) is 7. The van der Waals surface area contributed by atoms with E-state index < -0.39 is 27.0 Å². The van der Waals surface area contributed by atoms with Crippen LogP contribution in [0.4, 0.5) is 5.69 Å². The van der Waals surface area contributed by atoms with Crippen molar-refractivity contribution in [3.05, 3.63) is 68.8 Å². The van der Waals surface area contributed by atoms with Crippen molar-refractivity contribution in [1.82, 2.24) is 4.31 Å². The van der Waals surface area contributed by atoms with Crippen LogP contribution < -0.4 is 4.74 Å². The summed E-state index contributed by atoms with van der Waals surface area (Å²) in [5.74, 6) is -0.0908. The van der Waals surface area contributed by atoms with Gasteiger partial charge in [0.1, 0.15) is 16.4 Å². The fourth-order valence-corrected chi connectivity index (χ4v) is 5.87. The molecule has 1 aliphatic heterocycles. The van der Waals surface area contributed by atoms with Gasteiger partial charge in [-0.15, -0.1) is 0 Å². The quantitative estimate of drug-likeness (QED) is 0.229. The number of non-ortho nitro benzene ring substituents is 1. The van der Waals surface area contributed by atoms with E-state index in [1.54, 1.807) is 24.3 Å². The number of nitro groups is 1. The van der Waals surface area contributed by atoms with Crippen molar-refractivity contribution in [1.29, 1.82) is 0 Å². The van der Waals surface area contributed by atoms with Crippen LogP contribution in [-0.2, 0) is 19.6 Å². The Labute approximate surface area is 194 Å². The SMILES string of the molecule is COc1ccc(C2=C(Br)N(S(=O)(=O)c3ccc([N+](=O)[O-])cc3)[C@@H](CC(C)C)C(=O)O2)cc1. The summed E-state index contributed by atoms with van der Waals surface area (Å²) < 4.78 is 38.8. The highest BCUT2D eigenvalue weighted by Crippen LogP contribution is 2.39. The summed E-state index contributed by atoms with van der Waals surface area (Å²) in [5.41, 5.74) is 0.229. The minimum absolute atomic E-state index is 0.00931. The third-order valence-corrected chi connectivity index (χ3v) is 7.59. The number of sulfonamides is 1. The van der Waals surface area contributed by atoms with Crippen molar-refractivity contribution in [3.8, 4) is 5.75 Å². The highest BCUT2D eigenvalue weighted by molar-refractivity contribution is 9.11. The standard InChI is InChI=1S/C21H21BrN2O7S/c1-13(2)12-18-21(25)31-19(14-4-8-16(30-3)9-5-14)20(22)23(18)32(28,29)17-10-6-15(7-11-17)24(26)27/h4-11,13,18H,12H2,1-3H3/t18-/m0/s1. The third-order valence-electron chi connectivity index (χ3n) is 4.79. The van der Waals surface area contributed by atoms with E-state index in [1.165, 1.54) is 7.11 Å². The van der Waals surface area contributed by atoms with Crippen LogP contribution in [0.2, 0.25) is 0 Å². The molecule has 0 N–H and O–H groups in total. The van der Waals surface area contributed by atoms with Crippen LogP contribution in [0.5, 0.6) is 5.75 Å². The van der Waals surface area contributed by atoms with E-state index in [1.807, 2.05) is 13.8 Å². The maximum absolute atomic E-state index is 13.6. The molecule has 0 saturated heterocycles. The van der Waals surface area contributed by atoms with Gasteiger partial charge in [-0.25, -0.2) is 17.5 Å². The smallest absolute Gasteiger partial charge is 0.335 e. The zero-order valence-corrected chi connectivity index (χ0v) is 19.9. The minimum atomic E-state index is -4.25. The molecule has 0 bridgehead atoms. The van der Waals surface area contributed by atoms with Gasteiger partial charge in [-0.05, 0) is 64.7 Å². The molecule has 0 aliphatic carbocycles. The molecule has 0 unspecified atom stereocenters. The number of esters is 1. The summed E-state index contributed by atoms with van der Waals surface area (Å²) in [6.45, 7) is 3.72. The maximum Gasteiger partial charge on any atom is 0.335 e. The van der Waals surface area contributed by atoms with Gasteiger partial charge in [0.2, 0.25) is 0 Å². The predicted molar refractivity (Wildman–Crippen MR) is 120 cm³/mol. The summed E-state index contributed by atoms with van der Waals surface area (Å²) in [6.07, 6.45) is 0.218. The molecule has 3 rings (SSSR count). The molecule has 0 spiro atoms. The van der Waals surface area contributed by atoms with Crippen molar-refractivity contribution in [2.24, 2.45) is 5.92 Å². The number of halogens is 1. The normalized spacial score (nSPS) is 16.8. The van der Waals surface area contributed by atoms with E-state index in [0.717, 1.165) is 28.6 Å². The Balaban J connectivity index is 2.14. The molecule has 11 heteroatoms. The Hall–Kier alpha value is -2.92. The molecule has 2 aromatic carbocycles. The zero-order valence-electron chi connectivity index (χ0n) is 17.5. The number of ether oxygens (including phenoxy) is 2. The first-order chi connectivity index (χ1) is 15.1. The molecule has 32 heavy (non-hydrogen) atoms. The van der Waals surface area contributed by atoms with Gasteiger partial charge in [0, 0.05) is 17.7 Å². The lowest BCUT2D eigenvalue weighted by Crippen LogP contribution is -2.47. The Kier molecular flexibility index (Phi) is 6.89. The van der Waals surface area contributed by atoms with Gasteiger partial charge in [-0.2, -0.15) is 0 Å². The molecular formula is C21H21BrN2O7S. The molecule has 0 fully saturated rings. The molecule has 0 radical (unpaired) electrons. The lowest BCUT2D eigenvalue weighted by atomic mass is 10.0. The van der Waals surface area contributed by atoms with Crippen LogP contribution in [0.25, 0.3) is 5.76 Å². The molecule has 170 valence electrons. The highest BCUT2D eigenvalue weighted by atomic mass is 79.9. The molecule has 0 saturated carbocycles. The second-order valence-corrected chi connectivity index (χ2v) is 10.0. The number of cyclic esters (lactones) is 1. The van der Waals surface area contributed by atoms with E-state index in [0.29, 0.717) is 11.3 Å². The first-order valence-electron chi connectivity index (χ1n) is 9.61. The summed E-state index contributed by atoms with van der Waals surface area (Å²) in [7, 11) is -2.74. The predicted octanol–water partition coefficient (Wildman–Crippen LogP) is 4.29. The minimum Gasteiger partial charge on any atom is -0.497 e. The van der Waals surface area contributed by atoms with Gasteiger partial charge < -0.3 is 9.47 Å². The van der Waals surface area contributed by atoms with E-state index >= 15 is 0 Å². The average Bonchev–Trinajstić information content (AvgIpc) is 2.75. The first-order valence-corrected chi connectivity index (χ1v) is 11.8. The van der Waals surface area contributed by atoms with E-state index in [-0.39, 0.29) is 33.3 Å². The van der Waals surface area contributed by atoms with Gasteiger partial charge in [0.15, 0.2) is 5.76 Å². The van der Waals surface area contributed by atoms with Gasteiger partial charge >= 0.3 is 5.97 Å². The molecular weight excluding hydrogens is 504 g/mol. The largest absolute Gasteiger partial charge is 0.497 e. The van der Waals surface area contributed by atoms with Gasteiger partial charge in [0.25, 0.3) is 15.7 Å². The monoisotopic (exact) mass is 524 g/mol. The molecule has 0 amide bonds. The van der Waals surface area contributed by atoms with Gasteiger partial charge in [-0.1, -0.05) is 13.8 Å². The number of nitrogens with zero attached hydrogens (tertiary/aromatic N) is 2. The summed E-state index contributed by atoms with van der Waals surface area (Å²) >= 11 is 3.33. The Morgan fingerprint density at radius 1 is 1.16 bits per heavy atom. The summed E-state index contributed by atoms with van der Waals surface area (Å²) in [6, 6.07) is 10.00. The zero-order chi connectivity index (χ0) is 23.6. The first kappa shape index (κ1) is 23.7. The molecule has 1 aliphatic rings. The molecule has 9 nitrogen and oxygen atoms in total. The number of hydrogen-bond donors (Lipinski definition) is 0. The Morgan fingerprint density at radius 2 is 1.75 bits per heavy atom. The number of carbonyl (C=O) groups excluding carboxylic acids is 1. The maximum atomic E-state index is 13.6. The Bertz CT molecular complexity index is 1160. The Morgan fingerprint density at radius 3 is 2.25 bits per heavy atom. The van der Waals surface area contributed by atoms with Crippen LogP contribution in [0.15, 0.2) is 58.0 Å². The number of rotatable bonds is 7. The van der Waals surface area contributed by atoms with Crippen molar-refractivity contribution in [2.45, 2.75) is 31.2 Å². The van der Waals surface area contributed by atoms with Crippen LogP contribution in [-0.4, -0.2) is 36.8 Å². The second kappa shape index (κ2) is 9.29. The number of methoxy groups -OCH3 is 1. The van der Waals surface area contributed by atoms with Gasteiger partial charge in [0.05, 0.1) is 16.9 Å². The van der Waals surface area contributed by atoms with Crippen LogP contribution in [0.3, 0.4) is 0 Å². The lowest BCUT2D eigenvalue weighted by Gasteiger charge is -2.36. The third kappa shape index (κ3) is 4.63. The van der Waals surface area contributed by atoms with Crippen LogP contribution in [0.1, 0.15) is 25.8 Å². The van der Waals surface area contributed by atoms with Crippen molar-refractivity contribution >= 4 is 43.4 Å². The van der Waals surface area contributed by atoms with Crippen LogP contribution >= 0.6 is 15.9 Å². The van der Waals surface area contributed by atoms with Gasteiger partial charge in [-0.3, -0.25) is 10.1 Å². The number of nitro benzene ring substituents is 1. The van der Waals surface area contributed by atoms with Crippen molar-refractivity contribution in [2.75, 3.05) is 7.11 Å². The fourth-order valence-electron chi connectivity index (χ4n) is 3.23. The van der Waals surface area contributed by atoms with E-state index in [9.17, 15) is 23.3 Å². The number of carbonyl (C=O) groups is 1. The van der Waals surface area contributed by atoms with Crippen molar-refractivity contribution < 1.29 is 27.6 Å². The topological polar surface area (TPSA) is 116 Å². The molecule has 0 aromatic heterocycles. The van der Waals surface area contributed by atoms with Crippen molar-refractivity contribution in [3.63, 3.8) is 0 Å². The molecule has 1 heterocycles. The van der Waals surface area contributed by atoms with Crippen LogP contribution in [0, 0.1) is 16.0 Å². The second-order valence-electron chi connectivity index (χ2n) is 7.47. The molecule has 2 aromatic rings. The fraction of sp³-hybridized carbons (Fsp3) is 0.286. The number of benzene rings is 2. The molecule has 1 atom stereocenters. The van der Waals surface area contributed by atoms with E-state index in [4.69, 9.17) is 9.47 Å². The van der Waals surface area contributed by atoms with E-state index in [2.05, 4.69) is 15.9 Å². The summed E-state index contributed by atoms with van der Waals surface area (Å²) in [4.78, 5) is 23.1. The summed E-state index contributed by atoms with van der Waals surface area (Å²) in [5, 5.41) is 10.9.